The van der Waals surface area contributed by atoms with Crippen LogP contribution in [0.5, 0.6) is 0 Å². The van der Waals surface area contributed by atoms with E-state index < -0.39 is 5.97 Å². The van der Waals surface area contributed by atoms with Crippen LogP contribution < -0.4 is 5.69 Å². The second-order valence-electron chi connectivity index (χ2n) is 5.02. The van der Waals surface area contributed by atoms with Crippen LogP contribution in [0, 0.1) is 6.92 Å². The number of rotatable bonds is 3. The van der Waals surface area contributed by atoms with Crippen molar-refractivity contribution in [2.24, 2.45) is 7.05 Å². The summed E-state index contributed by atoms with van der Waals surface area (Å²) >= 11 is 0. The van der Waals surface area contributed by atoms with E-state index in [9.17, 15) is 9.59 Å². The Hall–Kier alpha value is -3.09. The van der Waals surface area contributed by atoms with Gasteiger partial charge in [0, 0.05) is 24.5 Å². The average Bonchev–Trinajstić information content (AvgIpc) is 3.06. The molecule has 0 spiro atoms. The molecule has 0 unspecified atom stereocenters. The first-order valence-corrected chi connectivity index (χ1v) is 6.62. The molecular weight excluding hydrogens is 284 g/mol. The topological polar surface area (TPSA) is 92.9 Å². The van der Waals surface area contributed by atoms with Crippen LogP contribution in [0.1, 0.15) is 16.2 Å². The summed E-state index contributed by atoms with van der Waals surface area (Å²) < 4.78 is 3.10. The number of nitrogens with one attached hydrogen (secondary N) is 1. The first-order chi connectivity index (χ1) is 10.5. The molecule has 0 amide bonds. The van der Waals surface area contributed by atoms with Crippen LogP contribution in [0.2, 0.25) is 0 Å². The molecule has 3 rings (SSSR count). The zero-order valence-electron chi connectivity index (χ0n) is 12.1. The Morgan fingerprint density at radius 2 is 2.09 bits per heavy atom. The highest BCUT2D eigenvalue weighted by molar-refractivity contribution is 5.86. The molecule has 0 bridgehead atoms. The van der Waals surface area contributed by atoms with Gasteiger partial charge in [-0.1, -0.05) is 12.1 Å². The van der Waals surface area contributed by atoms with Crippen molar-refractivity contribution in [2.45, 2.75) is 6.92 Å². The Morgan fingerprint density at radius 1 is 1.32 bits per heavy atom. The monoisotopic (exact) mass is 298 g/mol. The van der Waals surface area contributed by atoms with E-state index in [1.54, 1.807) is 29.9 Å². The number of imidazole rings is 1. The van der Waals surface area contributed by atoms with Gasteiger partial charge in [0.05, 0.1) is 11.4 Å². The van der Waals surface area contributed by atoms with E-state index in [2.05, 4.69) is 10.2 Å². The van der Waals surface area contributed by atoms with Gasteiger partial charge in [0.1, 0.15) is 5.69 Å². The van der Waals surface area contributed by atoms with E-state index in [0.29, 0.717) is 11.4 Å². The van der Waals surface area contributed by atoms with Crippen molar-refractivity contribution >= 4 is 5.97 Å². The summed E-state index contributed by atoms with van der Waals surface area (Å²) in [5.41, 5.74) is 2.66. The lowest BCUT2D eigenvalue weighted by Crippen LogP contribution is -2.21. The van der Waals surface area contributed by atoms with E-state index >= 15 is 0 Å². The maximum atomic E-state index is 12.2. The number of carboxylic acid groups (broad SMARTS) is 1. The highest BCUT2D eigenvalue weighted by atomic mass is 16.4. The van der Waals surface area contributed by atoms with Crippen LogP contribution in [-0.4, -0.2) is 30.4 Å². The van der Waals surface area contributed by atoms with Crippen molar-refractivity contribution in [3.63, 3.8) is 0 Å². The molecule has 1 aromatic carbocycles. The number of hydrogen-bond donors (Lipinski definition) is 2. The van der Waals surface area contributed by atoms with Gasteiger partial charge in [-0.2, -0.15) is 5.10 Å². The quantitative estimate of drug-likeness (QED) is 0.767. The fourth-order valence-corrected chi connectivity index (χ4v) is 2.40. The van der Waals surface area contributed by atoms with Gasteiger partial charge in [0.15, 0.2) is 0 Å². The lowest BCUT2D eigenvalue weighted by molar-refractivity contribution is 0.0690. The Bertz CT molecular complexity index is 917. The minimum atomic E-state index is -1.06. The smallest absolute Gasteiger partial charge is 0.353 e. The van der Waals surface area contributed by atoms with Crippen molar-refractivity contribution in [1.82, 2.24) is 19.3 Å². The molecule has 2 aromatic heterocycles. The van der Waals surface area contributed by atoms with E-state index in [4.69, 9.17) is 5.11 Å². The van der Waals surface area contributed by atoms with E-state index in [1.807, 2.05) is 19.1 Å². The number of benzene rings is 1. The van der Waals surface area contributed by atoms with Gasteiger partial charge in [-0.05, 0) is 25.1 Å². The first kappa shape index (κ1) is 13.9. The van der Waals surface area contributed by atoms with E-state index in [0.717, 1.165) is 11.3 Å². The number of carbonyl (C=O) groups is 1. The Morgan fingerprint density at radius 3 is 2.68 bits per heavy atom. The minimum absolute atomic E-state index is 0.0217. The summed E-state index contributed by atoms with van der Waals surface area (Å²) in [4.78, 5) is 23.1. The van der Waals surface area contributed by atoms with E-state index in [1.165, 1.54) is 10.6 Å². The molecule has 2 heterocycles. The van der Waals surface area contributed by atoms with Gasteiger partial charge in [-0.15, -0.1) is 0 Å². The van der Waals surface area contributed by atoms with Crippen molar-refractivity contribution in [3.05, 3.63) is 58.4 Å². The zero-order chi connectivity index (χ0) is 15.9. The number of hydrogen-bond acceptors (Lipinski definition) is 3. The first-order valence-electron chi connectivity index (χ1n) is 6.62. The van der Waals surface area contributed by atoms with Crippen molar-refractivity contribution in [3.8, 4) is 16.9 Å². The SMILES string of the molecule is Cc1cn(C)c(=O)n1-c1cccc(-c2cc(C(=O)O)[nH]n2)c1. The lowest BCUT2D eigenvalue weighted by Gasteiger charge is -2.05. The molecule has 22 heavy (non-hydrogen) atoms. The minimum Gasteiger partial charge on any atom is -0.477 e. The second-order valence-corrected chi connectivity index (χ2v) is 5.02. The number of aromatic amines is 1. The summed E-state index contributed by atoms with van der Waals surface area (Å²) in [6.45, 7) is 1.85. The van der Waals surface area contributed by atoms with E-state index in [-0.39, 0.29) is 11.4 Å². The number of nitrogens with zero attached hydrogens (tertiary/aromatic N) is 3. The largest absolute Gasteiger partial charge is 0.477 e. The fourth-order valence-electron chi connectivity index (χ4n) is 2.40. The van der Waals surface area contributed by atoms with Gasteiger partial charge < -0.3 is 9.67 Å². The second kappa shape index (κ2) is 5.03. The van der Waals surface area contributed by atoms with Crippen LogP contribution in [-0.2, 0) is 7.05 Å². The number of carboxylic acids is 1. The predicted octanol–water partition coefficient (Wildman–Crippen LogP) is 1.57. The van der Waals surface area contributed by atoms with Crippen LogP contribution >= 0.6 is 0 Å². The molecular formula is C15H14N4O3. The Kier molecular flexibility index (Phi) is 3.17. The molecule has 112 valence electrons. The normalized spacial score (nSPS) is 10.8. The molecule has 0 aliphatic heterocycles. The molecule has 0 fully saturated rings. The van der Waals surface area contributed by atoms with Gasteiger partial charge >= 0.3 is 11.7 Å². The van der Waals surface area contributed by atoms with Crippen molar-refractivity contribution in [1.29, 1.82) is 0 Å². The zero-order valence-corrected chi connectivity index (χ0v) is 12.1. The molecule has 7 nitrogen and oxygen atoms in total. The molecule has 0 saturated carbocycles. The lowest BCUT2D eigenvalue weighted by atomic mass is 10.1. The molecule has 0 radical (unpaired) electrons. The number of aryl methyl sites for hydroxylation is 2. The highest BCUT2D eigenvalue weighted by Gasteiger charge is 2.12. The number of aromatic nitrogens is 4. The molecule has 0 aliphatic carbocycles. The summed E-state index contributed by atoms with van der Waals surface area (Å²) in [6, 6.07) is 8.70. The molecule has 3 aromatic rings. The molecule has 2 N–H and O–H groups in total. The van der Waals surface area contributed by atoms with Gasteiger partial charge in [-0.25, -0.2) is 9.59 Å². The maximum absolute atomic E-state index is 12.2. The van der Waals surface area contributed by atoms with Gasteiger partial charge in [-0.3, -0.25) is 9.67 Å². The average molecular weight is 298 g/mol. The molecule has 0 saturated heterocycles. The fraction of sp³-hybridized carbons (Fsp3) is 0.133. The summed E-state index contributed by atoms with van der Waals surface area (Å²) in [5.74, 6) is -1.06. The Balaban J connectivity index is 2.09. The molecule has 7 heteroatoms. The summed E-state index contributed by atoms with van der Waals surface area (Å²) in [7, 11) is 1.70. The standard InChI is InChI=1S/C15H14N4O3/c1-9-8-18(2)15(22)19(9)11-5-3-4-10(6-11)12-7-13(14(20)21)17-16-12/h3-8H,1-2H3,(H,16,17)(H,20,21). The Labute approximate surface area is 125 Å². The van der Waals surface area contributed by atoms with Crippen LogP contribution in [0.25, 0.3) is 16.9 Å². The summed E-state index contributed by atoms with van der Waals surface area (Å²) in [5, 5.41) is 15.4. The third kappa shape index (κ3) is 2.22. The van der Waals surface area contributed by atoms with Crippen molar-refractivity contribution < 1.29 is 9.90 Å². The van der Waals surface area contributed by atoms with Crippen LogP contribution in [0.4, 0.5) is 0 Å². The third-order valence-corrected chi connectivity index (χ3v) is 3.43. The summed E-state index contributed by atoms with van der Waals surface area (Å²) in [6.07, 6.45) is 1.76. The van der Waals surface area contributed by atoms with Crippen LogP contribution in [0.3, 0.4) is 0 Å². The molecule has 0 atom stereocenters. The van der Waals surface area contributed by atoms with Gasteiger partial charge in [0.25, 0.3) is 0 Å². The van der Waals surface area contributed by atoms with Gasteiger partial charge in [0.2, 0.25) is 0 Å². The van der Waals surface area contributed by atoms with Crippen LogP contribution in [0.15, 0.2) is 41.3 Å². The third-order valence-electron chi connectivity index (χ3n) is 3.43. The maximum Gasteiger partial charge on any atom is 0.353 e. The number of H-pyrrole nitrogens is 1. The predicted molar refractivity (Wildman–Crippen MR) is 80.3 cm³/mol. The number of aromatic carboxylic acids is 1. The highest BCUT2D eigenvalue weighted by Crippen LogP contribution is 2.21. The molecule has 0 aliphatic rings. The van der Waals surface area contributed by atoms with Crippen molar-refractivity contribution in [2.75, 3.05) is 0 Å².